The third-order valence-corrected chi connectivity index (χ3v) is 1.91. The molecule has 1 aromatic carbocycles. The summed E-state index contributed by atoms with van der Waals surface area (Å²) in [4.78, 5) is 23.4. The van der Waals surface area contributed by atoms with Gasteiger partial charge in [-0.05, 0) is 0 Å². The summed E-state index contributed by atoms with van der Waals surface area (Å²) in [6, 6.07) is 8.34. The molecule has 0 spiro atoms. The summed E-state index contributed by atoms with van der Waals surface area (Å²) in [6.07, 6.45) is -1.95. The Morgan fingerprint density at radius 1 is 1.25 bits per heavy atom. The van der Waals surface area contributed by atoms with Gasteiger partial charge in [-0.1, -0.05) is 30.3 Å². The number of ether oxygens (including phenoxy) is 1. The predicted molar refractivity (Wildman–Crippen MR) is 57.0 cm³/mol. The Balaban J connectivity index is 2.85. The van der Waals surface area contributed by atoms with E-state index in [9.17, 15) is 9.59 Å². The van der Waals surface area contributed by atoms with Gasteiger partial charge in [-0.15, -0.1) is 0 Å². The second-order valence-corrected chi connectivity index (χ2v) is 3.41. The van der Waals surface area contributed by atoms with Gasteiger partial charge in [0.05, 0.1) is 0 Å². The fraction of sp³-hybridized carbons (Fsp3) is 0.273. The van der Waals surface area contributed by atoms with E-state index in [0.717, 1.165) is 0 Å². The summed E-state index contributed by atoms with van der Waals surface area (Å²) < 4.78 is 4.85. The topological polar surface area (TPSA) is 66.8 Å². The van der Waals surface area contributed by atoms with Crippen LogP contribution in [-0.2, 0) is 9.53 Å². The van der Waals surface area contributed by atoms with Gasteiger partial charge in [0.1, 0.15) is 0 Å². The smallest absolute Gasteiger partial charge is 0.410 e. The molecule has 0 radical (unpaired) electrons. The molecule has 16 heavy (non-hydrogen) atoms. The number of hydrogen-bond donors (Lipinski definition) is 1. The van der Waals surface area contributed by atoms with Crippen LogP contribution in [0.1, 0.15) is 11.7 Å². The molecule has 0 aromatic heterocycles. The van der Waals surface area contributed by atoms with Crippen molar-refractivity contribution in [2.75, 3.05) is 14.1 Å². The van der Waals surface area contributed by atoms with Gasteiger partial charge in [-0.25, -0.2) is 9.59 Å². The van der Waals surface area contributed by atoms with Crippen molar-refractivity contribution >= 4 is 12.1 Å². The van der Waals surface area contributed by atoms with Gasteiger partial charge in [0.25, 0.3) is 0 Å². The predicted octanol–water partition coefficient (Wildman–Crippen LogP) is 1.51. The largest absolute Gasteiger partial charge is 0.478 e. The molecule has 5 heteroatoms. The molecule has 0 saturated heterocycles. The SMILES string of the molecule is CN(C)C(=O)OC(C(=O)O)c1ccccc1. The number of rotatable bonds is 3. The molecule has 1 unspecified atom stereocenters. The van der Waals surface area contributed by atoms with E-state index in [2.05, 4.69) is 0 Å². The second kappa shape index (κ2) is 5.16. The molecule has 0 aliphatic heterocycles. The molecule has 0 fully saturated rings. The van der Waals surface area contributed by atoms with Crippen LogP contribution in [0.3, 0.4) is 0 Å². The average Bonchev–Trinajstić information content (AvgIpc) is 2.26. The Morgan fingerprint density at radius 3 is 2.25 bits per heavy atom. The quantitative estimate of drug-likeness (QED) is 0.843. The minimum absolute atomic E-state index is 0.435. The number of carbonyl (C=O) groups is 2. The van der Waals surface area contributed by atoms with Crippen LogP contribution in [-0.4, -0.2) is 36.2 Å². The molecule has 86 valence electrons. The standard InChI is InChI=1S/C11H13NO4/c1-12(2)11(15)16-9(10(13)14)8-6-4-3-5-7-8/h3-7,9H,1-2H3,(H,13,14). The first-order valence-electron chi connectivity index (χ1n) is 4.68. The molecule has 0 bridgehead atoms. The minimum Gasteiger partial charge on any atom is -0.478 e. The zero-order valence-corrected chi connectivity index (χ0v) is 9.08. The highest BCUT2D eigenvalue weighted by molar-refractivity contribution is 5.78. The Bertz CT molecular complexity index is 375. The fourth-order valence-electron chi connectivity index (χ4n) is 1.10. The molecule has 0 aliphatic rings. The molecule has 5 nitrogen and oxygen atoms in total. The Morgan fingerprint density at radius 2 is 1.81 bits per heavy atom. The molecule has 1 amide bonds. The lowest BCUT2D eigenvalue weighted by atomic mass is 10.1. The Kier molecular flexibility index (Phi) is 3.88. The van der Waals surface area contributed by atoms with Crippen LogP contribution < -0.4 is 0 Å². The third-order valence-electron chi connectivity index (χ3n) is 1.91. The molecular formula is C11H13NO4. The van der Waals surface area contributed by atoms with Crippen LogP contribution in [0, 0.1) is 0 Å². The number of nitrogens with zero attached hydrogens (tertiary/aromatic N) is 1. The summed E-state index contributed by atoms with van der Waals surface area (Å²) >= 11 is 0. The van der Waals surface area contributed by atoms with Crippen molar-refractivity contribution in [3.8, 4) is 0 Å². The Labute approximate surface area is 93.2 Å². The van der Waals surface area contributed by atoms with Gasteiger partial charge >= 0.3 is 12.1 Å². The van der Waals surface area contributed by atoms with Crippen LogP contribution in [0.15, 0.2) is 30.3 Å². The van der Waals surface area contributed by atoms with Crippen LogP contribution in [0.4, 0.5) is 4.79 Å². The van der Waals surface area contributed by atoms with Crippen molar-refractivity contribution in [1.82, 2.24) is 4.90 Å². The summed E-state index contributed by atoms with van der Waals surface area (Å²) in [5.74, 6) is -1.19. The summed E-state index contributed by atoms with van der Waals surface area (Å²) in [7, 11) is 2.98. The molecule has 0 heterocycles. The summed E-state index contributed by atoms with van der Waals surface area (Å²) in [5, 5.41) is 8.96. The number of amides is 1. The third kappa shape index (κ3) is 2.98. The van der Waals surface area contributed by atoms with Crippen molar-refractivity contribution in [1.29, 1.82) is 0 Å². The lowest BCUT2D eigenvalue weighted by molar-refractivity contribution is -0.147. The van der Waals surface area contributed by atoms with Gasteiger partial charge in [-0.2, -0.15) is 0 Å². The van der Waals surface area contributed by atoms with Gasteiger partial charge < -0.3 is 14.7 Å². The molecule has 1 aromatic rings. The molecule has 0 aliphatic carbocycles. The van der Waals surface area contributed by atoms with Crippen molar-refractivity contribution in [2.24, 2.45) is 0 Å². The summed E-state index contributed by atoms with van der Waals surface area (Å²) in [6.45, 7) is 0. The highest BCUT2D eigenvalue weighted by Gasteiger charge is 2.24. The maximum Gasteiger partial charge on any atom is 0.410 e. The average molecular weight is 223 g/mol. The van der Waals surface area contributed by atoms with Crippen molar-refractivity contribution < 1.29 is 19.4 Å². The van der Waals surface area contributed by atoms with E-state index >= 15 is 0 Å². The van der Waals surface area contributed by atoms with Crippen LogP contribution in [0.5, 0.6) is 0 Å². The van der Waals surface area contributed by atoms with E-state index in [1.54, 1.807) is 30.3 Å². The highest BCUT2D eigenvalue weighted by atomic mass is 16.6. The number of carboxylic acids is 1. The number of benzene rings is 1. The zero-order valence-electron chi connectivity index (χ0n) is 9.08. The van der Waals surface area contributed by atoms with E-state index in [1.165, 1.54) is 19.0 Å². The fourth-order valence-corrected chi connectivity index (χ4v) is 1.10. The minimum atomic E-state index is -1.27. The second-order valence-electron chi connectivity index (χ2n) is 3.41. The van der Waals surface area contributed by atoms with E-state index in [1.807, 2.05) is 0 Å². The van der Waals surface area contributed by atoms with Crippen LogP contribution >= 0.6 is 0 Å². The summed E-state index contributed by atoms with van der Waals surface area (Å²) in [5.41, 5.74) is 0.435. The number of aliphatic carboxylic acids is 1. The lowest BCUT2D eigenvalue weighted by Crippen LogP contribution is -2.27. The Hall–Kier alpha value is -2.04. The monoisotopic (exact) mass is 223 g/mol. The first-order valence-corrected chi connectivity index (χ1v) is 4.68. The van der Waals surface area contributed by atoms with Gasteiger partial charge in [0.15, 0.2) is 0 Å². The van der Waals surface area contributed by atoms with Crippen LogP contribution in [0.2, 0.25) is 0 Å². The van der Waals surface area contributed by atoms with Crippen molar-refractivity contribution in [3.63, 3.8) is 0 Å². The number of carbonyl (C=O) groups excluding carboxylic acids is 1. The van der Waals surface area contributed by atoms with Crippen molar-refractivity contribution in [3.05, 3.63) is 35.9 Å². The molecular weight excluding hydrogens is 210 g/mol. The first kappa shape index (κ1) is 12.0. The highest BCUT2D eigenvalue weighted by Crippen LogP contribution is 2.18. The molecule has 0 saturated carbocycles. The van der Waals surface area contributed by atoms with Gasteiger partial charge in [-0.3, -0.25) is 0 Å². The van der Waals surface area contributed by atoms with E-state index in [4.69, 9.17) is 9.84 Å². The normalized spacial score (nSPS) is 11.6. The van der Waals surface area contributed by atoms with Crippen LogP contribution in [0.25, 0.3) is 0 Å². The molecule has 1 rings (SSSR count). The maximum atomic E-state index is 11.3. The number of hydrogen-bond acceptors (Lipinski definition) is 3. The molecule has 1 atom stereocenters. The van der Waals surface area contributed by atoms with E-state index < -0.39 is 18.2 Å². The van der Waals surface area contributed by atoms with Gasteiger partial charge in [0.2, 0.25) is 6.10 Å². The van der Waals surface area contributed by atoms with E-state index in [0.29, 0.717) is 5.56 Å². The number of carboxylic acid groups (broad SMARTS) is 1. The maximum absolute atomic E-state index is 11.3. The molecule has 1 N–H and O–H groups in total. The first-order chi connectivity index (χ1) is 7.52. The van der Waals surface area contributed by atoms with Crippen molar-refractivity contribution in [2.45, 2.75) is 6.10 Å². The van der Waals surface area contributed by atoms with Gasteiger partial charge in [0, 0.05) is 19.7 Å². The zero-order chi connectivity index (χ0) is 12.1. The lowest BCUT2D eigenvalue weighted by Gasteiger charge is -2.17. The van der Waals surface area contributed by atoms with E-state index in [-0.39, 0.29) is 0 Å².